The number of aryl methyl sites for hydroxylation is 3. The highest BCUT2D eigenvalue weighted by molar-refractivity contribution is 5.88. The summed E-state index contributed by atoms with van der Waals surface area (Å²) in [6, 6.07) is 4.02. The lowest BCUT2D eigenvalue weighted by molar-refractivity contribution is -0.137. The number of hydrogen-bond acceptors (Lipinski definition) is 4. The van der Waals surface area contributed by atoms with Gasteiger partial charge >= 0.3 is 6.18 Å². The quantitative estimate of drug-likeness (QED) is 0.688. The monoisotopic (exact) mass is 405 g/mol. The lowest BCUT2D eigenvalue weighted by Gasteiger charge is -2.16. The summed E-state index contributed by atoms with van der Waals surface area (Å²) < 4.78 is 40.9. The van der Waals surface area contributed by atoms with Crippen LogP contribution >= 0.6 is 0 Å². The number of imidazole rings is 1. The van der Waals surface area contributed by atoms with E-state index in [9.17, 15) is 18.0 Å². The molecular formula is C20H22F3N5O. The molecule has 0 aliphatic rings. The van der Waals surface area contributed by atoms with Gasteiger partial charge in [0.25, 0.3) is 0 Å². The van der Waals surface area contributed by atoms with E-state index in [1.165, 1.54) is 4.90 Å². The molecule has 3 aromatic rings. The molecule has 9 heteroatoms. The number of anilines is 2. The van der Waals surface area contributed by atoms with E-state index in [-0.39, 0.29) is 5.91 Å². The number of carbonyl (C=O) groups is 1. The smallest absolute Gasteiger partial charge is 0.349 e. The van der Waals surface area contributed by atoms with Gasteiger partial charge in [-0.05, 0) is 43.2 Å². The third kappa shape index (κ3) is 4.33. The Kier molecular flexibility index (Phi) is 5.50. The van der Waals surface area contributed by atoms with Crippen LogP contribution < -0.4 is 5.32 Å². The minimum absolute atomic E-state index is 0.00950. The zero-order chi connectivity index (χ0) is 21.3. The zero-order valence-corrected chi connectivity index (χ0v) is 16.6. The normalized spacial score (nSPS) is 11.7. The molecule has 1 aromatic carbocycles. The Labute approximate surface area is 166 Å². The first-order valence-electron chi connectivity index (χ1n) is 9.03. The predicted octanol–water partition coefficient (Wildman–Crippen LogP) is 4.29. The van der Waals surface area contributed by atoms with Crippen molar-refractivity contribution in [3.8, 4) is 0 Å². The number of aromatic nitrogens is 3. The van der Waals surface area contributed by atoms with E-state index in [2.05, 4.69) is 15.3 Å². The summed E-state index contributed by atoms with van der Waals surface area (Å²) in [4.78, 5) is 22.1. The molecule has 1 amide bonds. The Morgan fingerprint density at radius 3 is 2.41 bits per heavy atom. The molecular weight excluding hydrogens is 383 g/mol. The maximum Gasteiger partial charge on any atom is 0.416 e. The van der Waals surface area contributed by atoms with Gasteiger partial charge in [0.1, 0.15) is 5.52 Å². The lowest BCUT2D eigenvalue weighted by Crippen LogP contribution is -2.22. The van der Waals surface area contributed by atoms with Gasteiger partial charge in [-0.15, -0.1) is 0 Å². The van der Waals surface area contributed by atoms with Crippen molar-refractivity contribution < 1.29 is 18.0 Å². The molecule has 1 N–H and O–H groups in total. The molecule has 0 aliphatic heterocycles. The molecule has 2 aromatic heterocycles. The van der Waals surface area contributed by atoms with Crippen molar-refractivity contribution in [2.24, 2.45) is 0 Å². The number of carbonyl (C=O) groups excluding carboxylic acids is 1. The maximum absolute atomic E-state index is 13.0. The van der Waals surface area contributed by atoms with Crippen LogP contribution in [0.4, 0.5) is 24.7 Å². The van der Waals surface area contributed by atoms with Gasteiger partial charge in [-0.3, -0.25) is 4.79 Å². The number of pyridine rings is 1. The molecule has 29 heavy (non-hydrogen) atoms. The number of nitrogens with zero attached hydrogens (tertiary/aromatic N) is 4. The molecule has 0 radical (unpaired) electrons. The number of halogens is 3. The SMILES string of the molecule is Cc1cc(C(F)(F)F)cc(C)c1Nc1nccc2c1ncn2CCC(=O)N(C)C. The summed E-state index contributed by atoms with van der Waals surface area (Å²) >= 11 is 0. The van der Waals surface area contributed by atoms with E-state index in [1.54, 1.807) is 46.5 Å². The van der Waals surface area contributed by atoms with Crippen molar-refractivity contribution in [2.45, 2.75) is 33.0 Å². The number of nitrogens with one attached hydrogen (secondary N) is 1. The molecule has 154 valence electrons. The van der Waals surface area contributed by atoms with Crippen LogP contribution in [0, 0.1) is 13.8 Å². The first kappa shape index (κ1) is 20.6. The minimum Gasteiger partial charge on any atom is -0.349 e. The van der Waals surface area contributed by atoms with E-state index in [0.29, 0.717) is 41.1 Å². The molecule has 3 rings (SSSR count). The van der Waals surface area contributed by atoms with E-state index < -0.39 is 11.7 Å². The average molecular weight is 405 g/mol. The molecule has 0 atom stereocenters. The fraction of sp³-hybridized carbons (Fsp3) is 0.350. The molecule has 0 unspecified atom stereocenters. The number of alkyl halides is 3. The second-order valence-electron chi connectivity index (χ2n) is 7.11. The van der Waals surface area contributed by atoms with Crippen molar-refractivity contribution >= 4 is 28.4 Å². The Morgan fingerprint density at radius 1 is 1.17 bits per heavy atom. The standard InChI is InChI=1S/C20H22F3N5O/c1-12-9-14(20(21,22)23)10-13(2)17(12)26-19-18-15(5-7-24-19)28(11-25-18)8-6-16(29)27(3)4/h5,7,9-11H,6,8H2,1-4H3,(H,24,26). The van der Waals surface area contributed by atoms with Crippen LogP contribution in [0.25, 0.3) is 11.0 Å². The molecule has 0 saturated carbocycles. The van der Waals surface area contributed by atoms with E-state index in [0.717, 1.165) is 17.6 Å². The van der Waals surface area contributed by atoms with Gasteiger partial charge < -0.3 is 14.8 Å². The van der Waals surface area contributed by atoms with Crippen molar-refractivity contribution in [1.29, 1.82) is 0 Å². The fourth-order valence-corrected chi connectivity index (χ4v) is 3.14. The van der Waals surface area contributed by atoms with E-state index in [4.69, 9.17) is 0 Å². The topological polar surface area (TPSA) is 63.1 Å². The summed E-state index contributed by atoms with van der Waals surface area (Å²) in [5.41, 5.74) is 2.19. The first-order chi connectivity index (χ1) is 13.6. The van der Waals surface area contributed by atoms with Gasteiger partial charge in [-0.1, -0.05) is 0 Å². The highest BCUT2D eigenvalue weighted by Gasteiger charge is 2.31. The largest absolute Gasteiger partial charge is 0.416 e. The summed E-state index contributed by atoms with van der Waals surface area (Å²) in [5, 5.41) is 3.13. The Hall–Kier alpha value is -3.10. The average Bonchev–Trinajstić information content (AvgIpc) is 3.05. The van der Waals surface area contributed by atoms with Crippen LogP contribution in [-0.4, -0.2) is 39.4 Å². The summed E-state index contributed by atoms with van der Waals surface area (Å²) in [6.45, 7) is 3.71. The molecule has 6 nitrogen and oxygen atoms in total. The third-order valence-corrected chi connectivity index (χ3v) is 4.71. The van der Waals surface area contributed by atoms with Crippen LogP contribution in [0.2, 0.25) is 0 Å². The number of fused-ring (bicyclic) bond motifs is 1. The van der Waals surface area contributed by atoms with Gasteiger partial charge in [-0.2, -0.15) is 13.2 Å². The highest BCUT2D eigenvalue weighted by Crippen LogP contribution is 2.35. The van der Waals surface area contributed by atoms with E-state index >= 15 is 0 Å². The fourth-order valence-electron chi connectivity index (χ4n) is 3.14. The van der Waals surface area contributed by atoms with Crippen molar-refractivity contribution in [3.63, 3.8) is 0 Å². The van der Waals surface area contributed by atoms with Crippen LogP contribution in [0.15, 0.2) is 30.7 Å². The highest BCUT2D eigenvalue weighted by atomic mass is 19.4. The van der Waals surface area contributed by atoms with Crippen LogP contribution in [0.3, 0.4) is 0 Å². The maximum atomic E-state index is 13.0. The number of benzene rings is 1. The van der Waals surface area contributed by atoms with Crippen molar-refractivity contribution in [1.82, 2.24) is 19.4 Å². The molecule has 2 heterocycles. The lowest BCUT2D eigenvalue weighted by atomic mass is 10.0. The molecule has 0 fully saturated rings. The third-order valence-electron chi connectivity index (χ3n) is 4.71. The Bertz CT molecular complexity index is 1030. The summed E-state index contributed by atoms with van der Waals surface area (Å²) in [6.07, 6.45) is -0.825. The predicted molar refractivity (Wildman–Crippen MR) is 105 cm³/mol. The molecule has 0 saturated heterocycles. The van der Waals surface area contributed by atoms with Gasteiger partial charge in [0.2, 0.25) is 5.91 Å². The summed E-state index contributed by atoms with van der Waals surface area (Å²) in [5.74, 6) is 0.460. The van der Waals surface area contributed by atoms with Gasteiger partial charge in [0.05, 0.1) is 17.4 Å². The van der Waals surface area contributed by atoms with Crippen LogP contribution in [-0.2, 0) is 17.5 Å². The second kappa shape index (κ2) is 7.73. The molecule has 0 aliphatic carbocycles. The number of hydrogen-bond donors (Lipinski definition) is 1. The van der Waals surface area contributed by atoms with Crippen LogP contribution in [0.1, 0.15) is 23.1 Å². The minimum atomic E-state index is -4.39. The van der Waals surface area contributed by atoms with Crippen LogP contribution in [0.5, 0.6) is 0 Å². The summed E-state index contributed by atoms with van der Waals surface area (Å²) in [7, 11) is 3.41. The molecule has 0 spiro atoms. The second-order valence-corrected chi connectivity index (χ2v) is 7.11. The first-order valence-corrected chi connectivity index (χ1v) is 9.03. The van der Waals surface area contributed by atoms with Gasteiger partial charge in [-0.25, -0.2) is 9.97 Å². The van der Waals surface area contributed by atoms with Crippen molar-refractivity contribution in [2.75, 3.05) is 19.4 Å². The Balaban J connectivity index is 1.91. The number of amides is 1. The van der Waals surface area contributed by atoms with Gasteiger partial charge in [0, 0.05) is 38.9 Å². The number of rotatable bonds is 5. The zero-order valence-electron chi connectivity index (χ0n) is 16.6. The van der Waals surface area contributed by atoms with E-state index in [1.807, 2.05) is 4.57 Å². The molecule has 0 bridgehead atoms. The Morgan fingerprint density at radius 2 is 1.83 bits per heavy atom. The van der Waals surface area contributed by atoms with Gasteiger partial charge in [0.15, 0.2) is 5.82 Å². The van der Waals surface area contributed by atoms with Crippen molar-refractivity contribution in [3.05, 3.63) is 47.4 Å².